The van der Waals surface area contributed by atoms with Gasteiger partial charge in [-0.2, -0.15) is 0 Å². The molecule has 1 aromatic heterocycles. The van der Waals surface area contributed by atoms with Gasteiger partial charge in [-0.05, 0) is 32.9 Å². The van der Waals surface area contributed by atoms with Crippen molar-refractivity contribution in [1.82, 2.24) is 14.9 Å². The van der Waals surface area contributed by atoms with Crippen molar-refractivity contribution >= 4 is 11.6 Å². The third-order valence-electron chi connectivity index (χ3n) is 3.72. The first kappa shape index (κ1) is 14.1. The molecule has 2 rings (SSSR count). The fourth-order valence-electron chi connectivity index (χ4n) is 2.53. The van der Waals surface area contributed by atoms with E-state index >= 15 is 0 Å². The van der Waals surface area contributed by atoms with E-state index in [1.165, 1.54) is 19.4 Å². The van der Waals surface area contributed by atoms with Crippen LogP contribution in [0, 0.1) is 0 Å². The summed E-state index contributed by atoms with van der Waals surface area (Å²) in [4.78, 5) is 13.3. The normalized spacial score (nSPS) is 20.3. The molecular weight excluding hydrogens is 238 g/mol. The molecule has 0 spiro atoms. The van der Waals surface area contributed by atoms with E-state index in [0.29, 0.717) is 6.04 Å². The average molecular weight is 263 g/mol. The molecule has 5 heteroatoms. The van der Waals surface area contributed by atoms with Crippen LogP contribution in [0.25, 0.3) is 0 Å². The van der Waals surface area contributed by atoms with Gasteiger partial charge in [0.05, 0.1) is 0 Å². The van der Waals surface area contributed by atoms with E-state index in [4.69, 9.17) is 0 Å². The van der Waals surface area contributed by atoms with E-state index in [1.807, 2.05) is 6.07 Å². The van der Waals surface area contributed by atoms with Crippen LogP contribution in [0.2, 0.25) is 0 Å². The molecule has 1 N–H and O–H groups in total. The lowest BCUT2D eigenvalue weighted by molar-refractivity contribution is 0.247. The Morgan fingerprint density at radius 3 is 3.05 bits per heavy atom. The summed E-state index contributed by atoms with van der Waals surface area (Å²) in [7, 11) is 4.32. The number of likely N-dealkylation sites (N-methyl/N-ethyl adjacent to an activating group) is 2. The second-order valence-corrected chi connectivity index (χ2v) is 5.36. The van der Waals surface area contributed by atoms with Gasteiger partial charge in [0.1, 0.15) is 18.0 Å². The molecule has 1 aliphatic heterocycles. The highest BCUT2D eigenvalue weighted by Crippen LogP contribution is 2.20. The predicted octanol–water partition coefficient (Wildman–Crippen LogP) is 1.83. The predicted molar refractivity (Wildman–Crippen MR) is 79.7 cm³/mol. The molecule has 1 saturated heterocycles. The topological polar surface area (TPSA) is 44.3 Å². The summed E-state index contributed by atoms with van der Waals surface area (Å²) in [5, 5.41) is 3.31. The number of nitrogens with one attached hydrogen (secondary N) is 1. The van der Waals surface area contributed by atoms with E-state index in [0.717, 1.165) is 31.1 Å². The number of hydrogen-bond donors (Lipinski definition) is 1. The fourth-order valence-corrected chi connectivity index (χ4v) is 2.53. The molecule has 1 fully saturated rings. The van der Waals surface area contributed by atoms with Crippen molar-refractivity contribution < 1.29 is 0 Å². The quantitative estimate of drug-likeness (QED) is 0.878. The minimum atomic E-state index is 0.549. The monoisotopic (exact) mass is 263 g/mol. The lowest BCUT2D eigenvalue weighted by Crippen LogP contribution is -2.45. The fraction of sp³-hybridized carbons (Fsp3) is 0.714. The standard InChI is InChI=1S/C14H25N5/c1-4-7-15-13-9-14(17-11-16-13)19(3)12-6-5-8-18(2)10-12/h9,11-12H,4-8,10H2,1-3H3,(H,15,16,17). The third-order valence-corrected chi connectivity index (χ3v) is 3.72. The van der Waals surface area contributed by atoms with Crippen LogP contribution in [0.15, 0.2) is 12.4 Å². The van der Waals surface area contributed by atoms with Crippen molar-refractivity contribution in [3.8, 4) is 0 Å². The van der Waals surface area contributed by atoms with Gasteiger partial charge in [0, 0.05) is 32.2 Å². The Labute approximate surface area is 116 Å². The molecule has 1 aliphatic rings. The Bertz CT molecular complexity index is 395. The van der Waals surface area contributed by atoms with E-state index in [1.54, 1.807) is 6.33 Å². The number of anilines is 2. The van der Waals surface area contributed by atoms with Gasteiger partial charge in [0.25, 0.3) is 0 Å². The lowest BCUT2D eigenvalue weighted by Gasteiger charge is -2.36. The van der Waals surface area contributed by atoms with E-state index in [9.17, 15) is 0 Å². The van der Waals surface area contributed by atoms with Crippen LogP contribution in [0.3, 0.4) is 0 Å². The van der Waals surface area contributed by atoms with Gasteiger partial charge >= 0.3 is 0 Å². The SMILES string of the molecule is CCCNc1cc(N(C)C2CCCN(C)C2)ncn1. The number of likely N-dealkylation sites (tertiary alicyclic amines) is 1. The number of nitrogens with zero attached hydrogens (tertiary/aromatic N) is 4. The van der Waals surface area contributed by atoms with Gasteiger partial charge in [0.15, 0.2) is 0 Å². The van der Waals surface area contributed by atoms with Crippen LogP contribution in [0.4, 0.5) is 11.6 Å². The molecule has 0 radical (unpaired) electrons. The third kappa shape index (κ3) is 3.80. The van der Waals surface area contributed by atoms with Crippen LogP contribution in [0.5, 0.6) is 0 Å². The minimum Gasteiger partial charge on any atom is -0.370 e. The zero-order valence-electron chi connectivity index (χ0n) is 12.3. The van der Waals surface area contributed by atoms with Gasteiger partial charge in [-0.1, -0.05) is 6.92 Å². The second kappa shape index (κ2) is 6.70. The van der Waals surface area contributed by atoms with Crippen LogP contribution in [0.1, 0.15) is 26.2 Å². The van der Waals surface area contributed by atoms with Gasteiger partial charge in [-0.3, -0.25) is 0 Å². The summed E-state index contributed by atoms with van der Waals surface area (Å²) >= 11 is 0. The van der Waals surface area contributed by atoms with E-state index in [-0.39, 0.29) is 0 Å². The van der Waals surface area contributed by atoms with Gasteiger partial charge in [-0.15, -0.1) is 0 Å². The molecule has 0 bridgehead atoms. The Kier molecular flexibility index (Phi) is 4.96. The first-order valence-corrected chi connectivity index (χ1v) is 7.18. The highest BCUT2D eigenvalue weighted by Gasteiger charge is 2.22. The number of hydrogen-bond acceptors (Lipinski definition) is 5. The number of piperidine rings is 1. The number of rotatable bonds is 5. The molecular formula is C14H25N5. The van der Waals surface area contributed by atoms with E-state index in [2.05, 4.69) is 46.1 Å². The molecule has 5 nitrogen and oxygen atoms in total. The summed E-state index contributed by atoms with van der Waals surface area (Å²) in [6.07, 6.45) is 5.25. The van der Waals surface area contributed by atoms with Gasteiger partial charge in [-0.25, -0.2) is 9.97 Å². The first-order chi connectivity index (χ1) is 9.20. The molecule has 0 saturated carbocycles. The smallest absolute Gasteiger partial charge is 0.134 e. The molecule has 2 heterocycles. The second-order valence-electron chi connectivity index (χ2n) is 5.36. The number of aromatic nitrogens is 2. The highest BCUT2D eigenvalue weighted by molar-refractivity contribution is 5.48. The highest BCUT2D eigenvalue weighted by atomic mass is 15.2. The van der Waals surface area contributed by atoms with E-state index < -0.39 is 0 Å². The maximum atomic E-state index is 4.40. The van der Waals surface area contributed by atoms with Crippen molar-refractivity contribution in [3.63, 3.8) is 0 Å². The molecule has 1 unspecified atom stereocenters. The molecule has 0 aromatic carbocycles. The van der Waals surface area contributed by atoms with Gasteiger partial charge in [0.2, 0.25) is 0 Å². The molecule has 19 heavy (non-hydrogen) atoms. The van der Waals surface area contributed by atoms with Crippen molar-refractivity contribution in [1.29, 1.82) is 0 Å². The Balaban J connectivity index is 2.03. The van der Waals surface area contributed by atoms with Crippen molar-refractivity contribution in [2.75, 3.05) is 43.9 Å². The largest absolute Gasteiger partial charge is 0.370 e. The summed E-state index contributed by atoms with van der Waals surface area (Å²) in [6, 6.07) is 2.59. The van der Waals surface area contributed by atoms with Crippen LogP contribution in [-0.4, -0.2) is 54.6 Å². The van der Waals surface area contributed by atoms with Crippen LogP contribution in [-0.2, 0) is 0 Å². The summed E-state index contributed by atoms with van der Waals surface area (Å²) in [5.41, 5.74) is 0. The lowest BCUT2D eigenvalue weighted by atomic mass is 10.1. The average Bonchev–Trinajstić information content (AvgIpc) is 2.44. The zero-order valence-corrected chi connectivity index (χ0v) is 12.3. The molecule has 0 amide bonds. The summed E-state index contributed by atoms with van der Waals surface area (Å²) in [6.45, 7) is 5.42. The zero-order chi connectivity index (χ0) is 13.7. The van der Waals surface area contributed by atoms with Crippen molar-refractivity contribution in [3.05, 3.63) is 12.4 Å². The maximum Gasteiger partial charge on any atom is 0.134 e. The minimum absolute atomic E-state index is 0.549. The Morgan fingerprint density at radius 1 is 1.47 bits per heavy atom. The van der Waals surface area contributed by atoms with Crippen molar-refractivity contribution in [2.45, 2.75) is 32.2 Å². The van der Waals surface area contributed by atoms with Crippen molar-refractivity contribution in [2.24, 2.45) is 0 Å². The Hall–Kier alpha value is -1.36. The van der Waals surface area contributed by atoms with Crippen LogP contribution < -0.4 is 10.2 Å². The molecule has 106 valence electrons. The summed E-state index contributed by atoms with van der Waals surface area (Å²) < 4.78 is 0. The molecule has 1 atom stereocenters. The maximum absolute atomic E-state index is 4.40. The first-order valence-electron chi connectivity index (χ1n) is 7.18. The summed E-state index contributed by atoms with van der Waals surface area (Å²) in [5.74, 6) is 1.93. The van der Waals surface area contributed by atoms with Gasteiger partial charge < -0.3 is 15.1 Å². The Morgan fingerprint density at radius 2 is 2.32 bits per heavy atom. The molecule has 1 aromatic rings. The molecule has 0 aliphatic carbocycles. The van der Waals surface area contributed by atoms with Crippen LogP contribution >= 0.6 is 0 Å².